The van der Waals surface area contributed by atoms with Gasteiger partial charge in [0.1, 0.15) is 0 Å². The number of benzene rings is 5. The van der Waals surface area contributed by atoms with Crippen molar-refractivity contribution in [2.75, 3.05) is 0 Å². The Morgan fingerprint density at radius 1 is 0.571 bits per heavy atom. The van der Waals surface area contributed by atoms with Crippen LogP contribution in [-0.2, 0) is 0 Å². The number of hydrogen-bond acceptors (Lipinski definition) is 2. The molecule has 0 aliphatic heterocycles. The molecule has 0 atom stereocenters. The van der Waals surface area contributed by atoms with Gasteiger partial charge in [0.05, 0.1) is 28.4 Å². The van der Waals surface area contributed by atoms with E-state index >= 15 is 0 Å². The smallest absolute Gasteiger partial charge is 0.0998 e. The molecule has 0 amide bonds. The molecule has 0 aliphatic rings. The molecule has 0 aliphatic carbocycles. The van der Waals surface area contributed by atoms with Crippen LogP contribution in [0, 0.1) is 32.1 Å². The Labute approximate surface area is 246 Å². The molecule has 5 aromatic carbocycles. The first-order valence-corrected chi connectivity index (χ1v) is 14.2. The number of aromatic nitrogens is 2. The maximum atomic E-state index is 10.3. The van der Waals surface area contributed by atoms with Gasteiger partial charge in [-0.1, -0.05) is 83.9 Å². The van der Waals surface area contributed by atoms with Crippen molar-refractivity contribution in [3.8, 4) is 45.1 Å². The van der Waals surface area contributed by atoms with Gasteiger partial charge in [0.25, 0.3) is 0 Å². The Hall–Kier alpha value is -5.46. The molecule has 0 radical (unpaired) electrons. The van der Waals surface area contributed by atoms with E-state index in [2.05, 4.69) is 127 Å². The number of pyridine rings is 1. The summed E-state index contributed by atoms with van der Waals surface area (Å²) in [4.78, 5) is 4.17. The highest BCUT2D eigenvalue weighted by molar-refractivity contribution is 6.11. The van der Waals surface area contributed by atoms with Crippen molar-refractivity contribution in [1.29, 1.82) is 5.26 Å². The summed E-state index contributed by atoms with van der Waals surface area (Å²) in [7, 11) is 0. The maximum absolute atomic E-state index is 10.3. The Kier molecular flexibility index (Phi) is 6.18. The maximum Gasteiger partial charge on any atom is 0.0998 e. The van der Waals surface area contributed by atoms with Gasteiger partial charge in [0.2, 0.25) is 0 Å². The van der Waals surface area contributed by atoms with E-state index in [1.165, 1.54) is 44.2 Å². The van der Waals surface area contributed by atoms with E-state index in [9.17, 15) is 5.26 Å². The molecule has 0 fully saturated rings. The molecule has 0 saturated heterocycles. The number of aryl methyl sites for hydroxylation is 3. The average Bonchev–Trinajstić information content (AvgIpc) is 3.34. The monoisotopic (exact) mass is 539 g/mol. The third-order valence-electron chi connectivity index (χ3n) is 8.16. The van der Waals surface area contributed by atoms with Crippen LogP contribution in [0.2, 0.25) is 0 Å². The van der Waals surface area contributed by atoms with E-state index in [1.807, 2.05) is 18.2 Å². The van der Waals surface area contributed by atoms with Crippen LogP contribution in [0.3, 0.4) is 0 Å². The number of nitriles is 1. The number of fused-ring (bicyclic) bond motifs is 3. The standard InChI is InChI=1S/C39H29N3/c1-25-6-4-8-29(18-25)31-10-12-34-35-13-11-32(30-9-5-7-26(2)19-30)22-39(35)42(38(34)21-31)37-23-33(24-40)36(20-27(37)3)28-14-16-41-17-15-28/h4-23H,1-3H3. The Bertz CT molecular complexity index is 2080. The minimum atomic E-state index is 0.640. The fourth-order valence-corrected chi connectivity index (χ4v) is 6.09. The van der Waals surface area contributed by atoms with Crippen LogP contribution in [0.25, 0.3) is 60.9 Å². The molecular formula is C39H29N3. The van der Waals surface area contributed by atoms with Crippen molar-refractivity contribution in [2.24, 2.45) is 0 Å². The van der Waals surface area contributed by atoms with Gasteiger partial charge in [-0.2, -0.15) is 5.26 Å². The summed E-state index contributed by atoms with van der Waals surface area (Å²) < 4.78 is 2.34. The van der Waals surface area contributed by atoms with Gasteiger partial charge in [0, 0.05) is 23.2 Å². The SMILES string of the molecule is Cc1cccc(-c2ccc3c4ccc(-c5cccc(C)c5)cc4n(-c4cc(C#N)c(-c5ccncc5)cc4C)c3c2)c1. The summed E-state index contributed by atoms with van der Waals surface area (Å²) in [5.74, 6) is 0. The molecule has 42 heavy (non-hydrogen) atoms. The molecule has 200 valence electrons. The predicted molar refractivity (Wildman–Crippen MR) is 174 cm³/mol. The summed E-state index contributed by atoms with van der Waals surface area (Å²) in [6, 6.07) is 41.3. The van der Waals surface area contributed by atoms with Gasteiger partial charge in [-0.15, -0.1) is 0 Å². The van der Waals surface area contributed by atoms with E-state index in [-0.39, 0.29) is 0 Å². The molecule has 3 heteroatoms. The largest absolute Gasteiger partial charge is 0.309 e. The first kappa shape index (κ1) is 25.5. The molecule has 7 aromatic rings. The minimum absolute atomic E-state index is 0.640. The molecular weight excluding hydrogens is 510 g/mol. The lowest BCUT2D eigenvalue weighted by Crippen LogP contribution is -2.00. The highest BCUT2D eigenvalue weighted by atomic mass is 15.0. The van der Waals surface area contributed by atoms with Gasteiger partial charge in [-0.3, -0.25) is 4.98 Å². The van der Waals surface area contributed by atoms with Crippen LogP contribution in [-0.4, -0.2) is 9.55 Å². The van der Waals surface area contributed by atoms with E-state index in [0.717, 1.165) is 33.4 Å². The zero-order chi connectivity index (χ0) is 28.8. The number of nitrogens with zero attached hydrogens (tertiary/aromatic N) is 3. The van der Waals surface area contributed by atoms with Crippen molar-refractivity contribution in [1.82, 2.24) is 9.55 Å². The Morgan fingerprint density at radius 3 is 1.64 bits per heavy atom. The van der Waals surface area contributed by atoms with E-state index in [1.54, 1.807) is 12.4 Å². The molecule has 0 bridgehead atoms. The fraction of sp³-hybridized carbons (Fsp3) is 0.0769. The summed E-state index contributed by atoms with van der Waals surface area (Å²) in [5.41, 5.74) is 14.1. The summed E-state index contributed by atoms with van der Waals surface area (Å²) in [6.07, 6.45) is 3.54. The second-order valence-electron chi connectivity index (χ2n) is 11.1. The van der Waals surface area contributed by atoms with Crippen LogP contribution >= 0.6 is 0 Å². The molecule has 0 N–H and O–H groups in total. The summed E-state index contributed by atoms with van der Waals surface area (Å²) in [6.45, 7) is 6.39. The normalized spacial score (nSPS) is 11.2. The van der Waals surface area contributed by atoms with Gasteiger partial charge in [0.15, 0.2) is 0 Å². The van der Waals surface area contributed by atoms with Crippen LogP contribution in [0.4, 0.5) is 0 Å². The van der Waals surface area contributed by atoms with E-state index in [4.69, 9.17) is 0 Å². The second kappa shape index (κ2) is 10.2. The van der Waals surface area contributed by atoms with Crippen LogP contribution in [0.5, 0.6) is 0 Å². The Balaban J connectivity index is 1.54. The summed E-state index contributed by atoms with van der Waals surface area (Å²) >= 11 is 0. The molecule has 0 saturated carbocycles. The topological polar surface area (TPSA) is 41.6 Å². The third-order valence-corrected chi connectivity index (χ3v) is 8.16. The highest BCUT2D eigenvalue weighted by Gasteiger charge is 2.18. The first-order valence-electron chi connectivity index (χ1n) is 14.2. The number of rotatable bonds is 4. The van der Waals surface area contributed by atoms with Gasteiger partial charge in [-0.05, 0) is 96.1 Å². The molecule has 2 aromatic heterocycles. The van der Waals surface area contributed by atoms with Crippen LogP contribution in [0.15, 0.2) is 122 Å². The molecule has 2 heterocycles. The average molecular weight is 540 g/mol. The quantitative estimate of drug-likeness (QED) is 0.223. The minimum Gasteiger partial charge on any atom is -0.309 e. The van der Waals surface area contributed by atoms with E-state index < -0.39 is 0 Å². The molecule has 0 unspecified atom stereocenters. The van der Waals surface area contributed by atoms with Crippen molar-refractivity contribution in [2.45, 2.75) is 20.8 Å². The third kappa shape index (κ3) is 4.35. The lowest BCUT2D eigenvalue weighted by molar-refractivity contribution is 1.15. The van der Waals surface area contributed by atoms with Crippen molar-refractivity contribution < 1.29 is 0 Å². The van der Waals surface area contributed by atoms with Crippen molar-refractivity contribution >= 4 is 21.8 Å². The summed E-state index contributed by atoms with van der Waals surface area (Å²) in [5, 5.41) is 12.7. The fourth-order valence-electron chi connectivity index (χ4n) is 6.09. The molecule has 7 rings (SSSR count). The van der Waals surface area contributed by atoms with Crippen LogP contribution in [0.1, 0.15) is 22.3 Å². The highest BCUT2D eigenvalue weighted by Crippen LogP contribution is 2.39. The van der Waals surface area contributed by atoms with Gasteiger partial charge in [-0.25, -0.2) is 0 Å². The molecule has 0 spiro atoms. The van der Waals surface area contributed by atoms with E-state index in [0.29, 0.717) is 5.56 Å². The Morgan fingerprint density at radius 2 is 1.12 bits per heavy atom. The zero-order valence-corrected chi connectivity index (χ0v) is 23.9. The van der Waals surface area contributed by atoms with Gasteiger partial charge < -0.3 is 4.57 Å². The molecule has 3 nitrogen and oxygen atoms in total. The second-order valence-corrected chi connectivity index (χ2v) is 11.1. The lowest BCUT2D eigenvalue weighted by atomic mass is 9.97. The zero-order valence-electron chi connectivity index (χ0n) is 23.9. The van der Waals surface area contributed by atoms with Gasteiger partial charge >= 0.3 is 0 Å². The van der Waals surface area contributed by atoms with Crippen LogP contribution < -0.4 is 0 Å². The number of hydrogen-bond donors (Lipinski definition) is 0. The first-order chi connectivity index (χ1) is 20.5. The van der Waals surface area contributed by atoms with Crippen molar-refractivity contribution in [3.63, 3.8) is 0 Å². The predicted octanol–water partition coefficient (Wildman–Crippen LogP) is 9.98. The van der Waals surface area contributed by atoms with Crippen molar-refractivity contribution in [3.05, 3.63) is 144 Å². The lowest BCUT2D eigenvalue weighted by Gasteiger charge is -2.15.